The van der Waals surface area contributed by atoms with E-state index in [2.05, 4.69) is 22.6 Å². The first kappa shape index (κ1) is 13.3. The van der Waals surface area contributed by atoms with Gasteiger partial charge in [-0.1, -0.05) is 18.1 Å². The summed E-state index contributed by atoms with van der Waals surface area (Å²) in [5, 5.41) is 5.94. The van der Waals surface area contributed by atoms with Crippen LogP contribution in [0.15, 0.2) is 18.2 Å². The lowest BCUT2D eigenvalue weighted by Crippen LogP contribution is -2.36. The highest BCUT2D eigenvalue weighted by Gasteiger charge is 2.18. The van der Waals surface area contributed by atoms with Crippen LogP contribution in [-0.4, -0.2) is 25.1 Å². The topological polar surface area (TPSA) is 50.4 Å². The van der Waals surface area contributed by atoms with Gasteiger partial charge in [0.15, 0.2) is 6.10 Å². The van der Waals surface area contributed by atoms with Gasteiger partial charge >= 0.3 is 0 Å². The first-order valence-corrected chi connectivity index (χ1v) is 6.46. The Labute approximate surface area is 113 Å². The van der Waals surface area contributed by atoms with Gasteiger partial charge in [0.05, 0.1) is 12.2 Å². The lowest BCUT2D eigenvalue weighted by molar-refractivity contribution is -0.126. The summed E-state index contributed by atoms with van der Waals surface area (Å²) in [4.78, 5) is 11.7. The van der Waals surface area contributed by atoms with Crippen molar-refractivity contribution in [2.24, 2.45) is 0 Å². The highest BCUT2D eigenvalue weighted by Crippen LogP contribution is 2.32. The number of amides is 1. The van der Waals surface area contributed by atoms with E-state index in [0.717, 1.165) is 30.8 Å². The Kier molecular flexibility index (Phi) is 4.30. The van der Waals surface area contributed by atoms with Gasteiger partial charge in [0.25, 0.3) is 5.91 Å². The summed E-state index contributed by atoms with van der Waals surface area (Å²) in [5.74, 6) is 2.89. The molecule has 0 radical (unpaired) electrons. The number of ether oxygens (including phenoxy) is 1. The van der Waals surface area contributed by atoms with Crippen molar-refractivity contribution in [2.75, 3.05) is 18.4 Å². The van der Waals surface area contributed by atoms with Gasteiger partial charge in [-0.05, 0) is 31.4 Å². The van der Waals surface area contributed by atoms with E-state index >= 15 is 0 Å². The monoisotopic (exact) mass is 258 g/mol. The van der Waals surface area contributed by atoms with Gasteiger partial charge < -0.3 is 15.4 Å². The van der Waals surface area contributed by atoms with Crippen molar-refractivity contribution in [3.63, 3.8) is 0 Å². The molecule has 0 saturated heterocycles. The smallest absolute Gasteiger partial charge is 0.261 e. The molecule has 1 atom stereocenters. The fourth-order valence-corrected chi connectivity index (χ4v) is 2.10. The minimum atomic E-state index is -0.566. The van der Waals surface area contributed by atoms with Gasteiger partial charge in [-0.2, -0.15) is 0 Å². The maximum atomic E-state index is 11.7. The normalized spacial score (nSPS) is 14.5. The molecule has 100 valence electrons. The average molecular weight is 258 g/mol. The zero-order chi connectivity index (χ0) is 13.7. The van der Waals surface area contributed by atoms with Gasteiger partial charge in [0.1, 0.15) is 5.75 Å². The first-order valence-electron chi connectivity index (χ1n) is 6.46. The van der Waals surface area contributed by atoms with E-state index in [-0.39, 0.29) is 12.5 Å². The quantitative estimate of drug-likeness (QED) is 0.806. The van der Waals surface area contributed by atoms with Crippen LogP contribution in [0.4, 0.5) is 5.69 Å². The SMILES string of the molecule is C#CCNC(=O)C(C)Oc1cccc2c1NCCC2. The van der Waals surface area contributed by atoms with Crippen LogP contribution in [-0.2, 0) is 11.2 Å². The van der Waals surface area contributed by atoms with Crippen molar-refractivity contribution >= 4 is 11.6 Å². The van der Waals surface area contributed by atoms with Gasteiger partial charge in [0, 0.05) is 6.54 Å². The predicted molar refractivity (Wildman–Crippen MR) is 75.2 cm³/mol. The molecule has 0 bridgehead atoms. The molecule has 1 unspecified atom stereocenters. The van der Waals surface area contributed by atoms with Gasteiger partial charge in [0.2, 0.25) is 0 Å². The molecule has 1 aliphatic heterocycles. The zero-order valence-corrected chi connectivity index (χ0v) is 11.0. The fraction of sp³-hybridized carbons (Fsp3) is 0.400. The average Bonchev–Trinajstić information content (AvgIpc) is 2.45. The highest BCUT2D eigenvalue weighted by molar-refractivity contribution is 5.81. The molecule has 0 aromatic heterocycles. The van der Waals surface area contributed by atoms with Crippen molar-refractivity contribution in [1.82, 2.24) is 5.32 Å². The summed E-state index contributed by atoms with van der Waals surface area (Å²) in [5.41, 5.74) is 2.24. The van der Waals surface area contributed by atoms with Crippen LogP contribution in [0.5, 0.6) is 5.75 Å². The van der Waals surface area contributed by atoms with Crippen molar-refractivity contribution < 1.29 is 9.53 Å². The maximum absolute atomic E-state index is 11.7. The zero-order valence-electron chi connectivity index (χ0n) is 11.0. The molecule has 4 nitrogen and oxygen atoms in total. The third-order valence-corrected chi connectivity index (χ3v) is 3.07. The summed E-state index contributed by atoms with van der Waals surface area (Å²) >= 11 is 0. The van der Waals surface area contributed by atoms with E-state index in [1.807, 2.05) is 12.1 Å². The van der Waals surface area contributed by atoms with Crippen LogP contribution in [0.1, 0.15) is 18.9 Å². The number of carbonyl (C=O) groups is 1. The molecule has 1 aromatic carbocycles. The summed E-state index contributed by atoms with van der Waals surface area (Å²) in [6, 6.07) is 5.91. The van der Waals surface area contributed by atoms with Crippen LogP contribution in [0.25, 0.3) is 0 Å². The Hall–Kier alpha value is -2.15. The van der Waals surface area contributed by atoms with Crippen LogP contribution >= 0.6 is 0 Å². The number of terminal acetylenes is 1. The Balaban J connectivity index is 2.07. The molecule has 19 heavy (non-hydrogen) atoms. The van der Waals surface area contributed by atoms with Crippen molar-refractivity contribution in [1.29, 1.82) is 0 Å². The molecule has 0 fully saturated rings. The van der Waals surface area contributed by atoms with Crippen LogP contribution in [0.3, 0.4) is 0 Å². The maximum Gasteiger partial charge on any atom is 0.261 e. The second kappa shape index (κ2) is 6.14. The molecular weight excluding hydrogens is 240 g/mol. The second-order valence-electron chi connectivity index (χ2n) is 4.50. The molecule has 0 spiro atoms. The summed E-state index contributed by atoms with van der Waals surface area (Å²) in [7, 11) is 0. The number of benzene rings is 1. The van der Waals surface area contributed by atoms with E-state index in [4.69, 9.17) is 11.2 Å². The van der Waals surface area contributed by atoms with E-state index in [9.17, 15) is 4.79 Å². The fourth-order valence-electron chi connectivity index (χ4n) is 2.10. The second-order valence-corrected chi connectivity index (χ2v) is 4.50. The third-order valence-electron chi connectivity index (χ3n) is 3.07. The number of aryl methyl sites for hydroxylation is 1. The number of para-hydroxylation sites is 1. The Morgan fingerprint density at radius 2 is 2.47 bits per heavy atom. The molecule has 4 heteroatoms. The minimum absolute atomic E-state index is 0.202. The predicted octanol–water partition coefficient (Wildman–Crippen LogP) is 1.56. The van der Waals surface area contributed by atoms with Crippen LogP contribution in [0.2, 0.25) is 0 Å². The number of rotatable bonds is 4. The summed E-state index contributed by atoms with van der Waals surface area (Å²) in [6.07, 6.45) is 6.70. The molecule has 1 aromatic rings. The number of nitrogens with one attached hydrogen (secondary N) is 2. The number of carbonyl (C=O) groups excluding carboxylic acids is 1. The van der Waals surface area contributed by atoms with Gasteiger partial charge in [-0.15, -0.1) is 6.42 Å². The van der Waals surface area contributed by atoms with Crippen molar-refractivity contribution in [2.45, 2.75) is 25.9 Å². The number of anilines is 1. The summed E-state index contributed by atoms with van der Waals surface area (Å²) < 4.78 is 5.73. The Morgan fingerprint density at radius 1 is 1.63 bits per heavy atom. The lowest BCUT2D eigenvalue weighted by Gasteiger charge is -2.23. The van der Waals surface area contributed by atoms with E-state index in [1.54, 1.807) is 6.92 Å². The van der Waals surface area contributed by atoms with Gasteiger partial charge in [-0.3, -0.25) is 4.79 Å². The molecule has 1 aliphatic rings. The van der Waals surface area contributed by atoms with E-state index in [0.29, 0.717) is 0 Å². The number of hydrogen-bond acceptors (Lipinski definition) is 3. The molecule has 1 heterocycles. The Bertz CT molecular complexity index is 505. The van der Waals surface area contributed by atoms with Crippen LogP contribution in [0, 0.1) is 12.3 Å². The summed E-state index contributed by atoms with van der Waals surface area (Å²) in [6.45, 7) is 2.87. The van der Waals surface area contributed by atoms with Crippen LogP contribution < -0.4 is 15.4 Å². The molecule has 2 rings (SSSR count). The molecular formula is C15H18N2O2. The van der Waals surface area contributed by atoms with E-state index < -0.39 is 6.10 Å². The standard InChI is InChI=1S/C15H18N2O2/c1-3-9-17-15(18)11(2)19-13-8-4-6-12-7-5-10-16-14(12)13/h1,4,6,8,11,16H,5,7,9-10H2,2H3,(H,17,18). The first-order chi connectivity index (χ1) is 9.22. The number of fused-ring (bicyclic) bond motifs is 1. The van der Waals surface area contributed by atoms with E-state index in [1.165, 1.54) is 5.56 Å². The molecule has 1 amide bonds. The minimum Gasteiger partial charge on any atom is -0.479 e. The van der Waals surface area contributed by atoms with Crippen molar-refractivity contribution in [3.05, 3.63) is 23.8 Å². The lowest BCUT2D eigenvalue weighted by atomic mass is 10.0. The van der Waals surface area contributed by atoms with Crippen molar-refractivity contribution in [3.8, 4) is 18.1 Å². The third kappa shape index (κ3) is 3.19. The number of hydrogen-bond donors (Lipinski definition) is 2. The molecule has 0 saturated carbocycles. The largest absolute Gasteiger partial charge is 0.479 e. The van der Waals surface area contributed by atoms with Gasteiger partial charge in [-0.25, -0.2) is 0 Å². The molecule has 0 aliphatic carbocycles. The highest BCUT2D eigenvalue weighted by atomic mass is 16.5. The Morgan fingerprint density at radius 3 is 3.26 bits per heavy atom. The molecule has 2 N–H and O–H groups in total.